The van der Waals surface area contributed by atoms with E-state index in [1.54, 1.807) is 0 Å². The Kier molecular flexibility index (Phi) is 3.30. The quantitative estimate of drug-likeness (QED) is 0.854. The number of fused-ring (bicyclic) bond motifs is 1. The third kappa shape index (κ3) is 2.25. The highest BCUT2D eigenvalue weighted by atomic mass is 15.3. The molecule has 0 saturated heterocycles. The molecule has 0 bridgehead atoms. The lowest BCUT2D eigenvalue weighted by molar-refractivity contribution is 0.333. The molecule has 2 unspecified atom stereocenters. The summed E-state index contributed by atoms with van der Waals surface area (Å²) < 4.78 is 2.22. The first-order chi connectivity index (χ1) is 7.95. The van der Waals surface area contributed by atoms with Crippen LogP contribution >= 0.6 is 0 Å². The molecule has 0 amide bonds. The lowest BCUT2D eigenvalue weighted by Crippen LogP contribution is -2.32. The van der Waals surface area contributed by atoms with Gasteiger partial charge in [0.25, 0.3) is 0 Å². The number of hydrogen-bond donors (Lipinski definition) is 1. The van der Waals surface area contributed by atoms with Crippen molar-refractivity contribution in [3.05, 3.63) is 17.5 Å². The number of aromatic nitrogens is 2. The molecule has 1 aromatic heterocycles. The Morgan fingerprint density at radius 1 is 1.47 bits per heavy atom. The van der Waals surface area contributed by atoms with Crippen LogP contribution in [0, 0.1) is 0 Å². The largest absolute Gasteiger partial charge is 0.317 e. The van der Waals surface area contributed by atoms with E-state index in [0.717, 1.165) is 0 Å². The Balaban J connectivity index is 2.38. The molecule has 96 valence electrons. The van der Waals surface area contributed by atoms with Crippen LogP contribution in [-0.2, 0) is 12.0 Å². The van der Waals surface area contributed by atoms with Crippen LogP contribution in [0.15, 0.2) is 6.20 Å². The van der Waals surface area contributed by atoms with Crippen molar-refractivity contribution in [2.75, 3.05) is 7.05 Å². The van der Waals surface area contributed by atoms with Crippen LogP contribution in [0.4, 0.5) is 0 Å². The maximum Gasteiger partial charge on any atom is 0.0546 e. The van der Waals surface area contributed by atoms with Crippen LogP contribution < -0.4 is 5.32 Å². The number of nitrogens with one attached hydrogen (secondary N) is 1. The standard InChI is InChI=1S/C14H25N3/c1-10(15-5)11-7-6-8-13-12(11)9-16-17(13)14(2,3)4/h9-11,15H,6-8H2,1-5H3. The average Bonchev–Trinajstić information content (AvgIpc) is 2.70. The molecule has 0 aromatic carbocycles. The van der Waals surface area contributed by atoms with Crippen LogP contribution in [-0.4, -0.2) is 22.9 Å². The molecule has 0 fully saturated rings. The number of hydrogen-bond acceptors (Lipinski definition) is 2. The summed E-state index contributed by atoms with van der Waals surface area (Å²) in [7, 11) is 2.05. The van der Waals surface area contributed by atoms with Gasteiger partial charge in [0.15, 0.2) is 0 Å². The van der Waals surface area contributed by atoms with Crippen molar-refractivity contribution in [3.8, 4) is 0 Å². The summed E-state index contributed by atoms with van der Waals surface area (Å²) in [5.41, 5.74) is 3.02. The zero-order chi connectivity index (χ0) is 12.6. The third-order valence-electron chi connectivity index (χ3n) is 3.92. The van der Waals surface area contributed by atoms with Crippen molar-refractivity contribution in [1.82, 2.24) is 15.1 Å². The monoisotopic (exact) mass is 235 g/mol. The first kappa shape index (κ1) is 12.6. The highest BCUT2D eigenvalue weighted by Crippen LogP contribution is 2.35. The van der Waals surface area contributed by atoms with E-state index in [2.05, 4.69) is 49.0 Å². The summed E-state index contributed by atoms with van der Waals surface area (Å²) in [4.78, 5) is 0. The number of rotatable bonds is 2. The molecular formula is C14H25N3. The summed E-state index contributed by atoms with van der Waals surface area (Å²) in [6, 6.07) is 0.534. The SMILES string of the molecule is CNC(C)C1CCCc2c1cnn2C(C)(C)C. The second-order valence-electron chi connectivity index (χ2n) is 6.21. The first-order valence-electron chi connectivity index (χ1n) is 6.69. The smallest absolute Gasteiger partial charge is 0.0546 e. The van der Waals surface area contributed by atoms with E-state index in [4.69, 9.17) is 0 Å². The highest BCUT2D eigenvalue weighted by Gasteiger charge is 2.30. The Morgan fingerprint density at radius 2 is 2.18 bits per heavy atom. The summed E-state index contributed by atoms with van der Waals surface area (Å²) in [5, 5.41) is 8.01. The Labute approximate surface area is 105 Å². The lowest BCUT2D eigenvalue weighted by Gasteiger charge is -2.30. The Hall–Kier alpha value is -0.830. The molecule has 1 aliphatic rings. The van der Waals surface area contributed by atoms with Crippen molar-refractivity contribution in [2.24, 2.45) is 0 Å². The third-order valence-corrected chi connectivity index (χ3v) is 3.92. The van der Waals surface area contributed by atoms with Gasteiger partial charge in [0.1, 0.15) is 0 Å². The van der Waals surface area contributed by atoms with E-state index in [-0.39, 0.29) is 5.54 Å². The zero-order valence-corrected chi connectivity index (χ0v) is 11.7. The molecule has 3 heteroatoms. The van der Waals surface area contributed by atoms with E-state index in [0.29, 0.717) is 12.0 Å². The van der Waals surface area contributed by atoms with Gasteiger partial charge in [0, 0.05) is 17.7 Å². The van der Waals surface area contributed by atoms with Crippen molar-refractivity contribution in [1.29, 1.82) is 0 Å². The van der Waals surface area contributed by atoms with E-state index in [1.165, 1.54) is 30.5 Å². The van der Waals surface area contributed by atoms with Gasteiger partial charge >= 0.3 is 0 Å². The van der Waals surface area contributed by atoms with E-state index >= 15 is 0 Å². The molecule has 0 aliphatic heterocycles. The summed E-state index contributed by atoms with van der Waals surface area (Å²) >= 11 is 0. The molecule has 2 atom stereocenters. The molecule has 0 saturated carbocycles. The van der Waals surface area contributed by atoms with Crippen molar-refractivity contribution < 1.29 is 0 Å². The fraction of sp³-hybridized carbons (Fsp3) is 0.786. The van der Waals surface area contributed by atoms with Crippen molar-refractivity contribution in [3.63, 3.8) is 0 Å². The first-order valence-corrected chi connectivity index (χ1v) is 6.69. The van der Waals surface area contributed by atoms with Gasteiger partial charge in [-0.1, -0.05) is 0 Å². The minimum atomic E-state index is 0.0956. The minimum Gasteiger partial charge on any atom is -0.317 e. The van der Waals surface area contributed by atoms with Crippen LogP contribution in [0.25, 0.3) is 0 Å². The summed E-state index contributed by atoms with van der Waals surface area (Å²) in [6.07, 6.45) is 5.84. The maximum atomic E-state index is 4.62. The molecular weight excluding hydrogens is 210 g/mol. The fourth-order valence-corrected chi connectivity index (χ4v) is 2.89. The minimum absolute atomic E-state index is 0.0956. The lowest BCUT2D eigenvalue weighted by atomic mass is 9.82. The van der Waals surface area contributed by atoms with Crippen molar-refractivity contribution in [2.45, 2.75) is 64.5 Å². The van der Waals surface area contributed by atoms with Gasteiger partial charge in [-0.15, -0.1) is 0 Å². The highest BCUT2D eigenvalue weighted by molar-refractivity contribution is 5.27. The van der Waals surface area contributed by atoms with Gasteiger partial charge in [0.05, 0.1) is 11.7 Å². The molecule has 0 spiro atoms. The van der Waals surface area contributed by atoms with Gasteiger partial charge in [-0.2, -0.15) is 5.10 Å². The van der Waals surface area contributed by atoms with Gasteiger partial charge in [-0.25, -0.2) is 0 Å². The van der Waals surface area contributed by atoms with E-state index in [9.17, 15) is 0 Å². The molecule has 1 heterocycles. The Morgan fingerprint density at radius 3 is 2.76 bits per heavy atom. The molecule has 1 aromatic rings. The molecule has 2 rings (SSSR count). The van der Waals surface area contributed by atoms with Gasteiger partial charge in [-0.05, 0) is 59.6 Å². The average molecular weight is 235 g/mol. The summed E-state index contributed by atoms with van der Waals surface area (Å²) in [6.45, 7) is 8.95. The van der Waals surface area contributed by atoms with E-state index < -0.39 is 0 Å². The predicted molar refractivity (Wildman–Crippen MR) is 71.4 cm³/mol. The molecule has 3 nitrogen and oxygen atoms in total. The number of likely N-dealkylation sites (N-methyl/N-ethyl adjacent to an activating group) is 1. The predicted octanol–water partition coefficient (Wildman–Crippen LogP) is 2.67. The van der Waals surface area contributed by atoms with Gasteiger partial charge < -0.3 is 5.32 Å². The van der Waals surface area contributed by atoms with Crippen LogP contribution in [0.1, 0.15) is 57.7 Å². The zero-order valence-electron chi connectivity index (χ0n) is 11.7. The van der Waals surface area contributed by atoms with Crippen molar-refractivity contribution >= 4 is 0 Å². The van der Waals surface area contributed by atoms with E-state index in [1.807, 2.05) is 7.05 Å². The summed E-state index contributed by atoms with van der Waals surface area (Å²) in [5.74, 6) is 0.625. The second kappa shape index (κ2) is 4.45. The van der Waals surface area contributed by atoms with Crippen LogP contribution in [0.2, 0.25) is 0 Å². The molecule has 0 radical (unpaired) electrons. The number of nitrogens with zero attached hydrogens (tertiary/aromatic N) is 2. The van der Waals surface area contributed by atoms with Gasteiger partial charge in [0.2, 0.25) is 0 Å². The molecule has 1 aliphatic carbocycles. The van der Waals surface area contributed by atoms with Crippen LogP contribution in [0.3, 0.4) is 0 Å². The second-order valence-corrected chi connectivity index (χ2v) is 6.21. The molecule has 1 N–H and O–H groups in total. The Bertz CT molecular complexity index is 387. The van der Waals surface area contributed by atoms with Crippen LogP contribution in [0.5, 0.6) is 0 Å². The van der Waals surface area contributed by atoms with Gasteiger partial charge in [-0.3, -0.25) is 4.68 Å². The normalized spacial score (nSPS) is 22.3. The topological polar surface area (TPSA) is 29.9 Å². The maximum absolute atomic E-state index is 4.62. The molecule has 17 heavy (non-hydrogen) atoms. The fourth-order valence-electron chi connectivity index (χ4n) is 2.89.